The minimum absolute atomic E-state index is 0.0613. The number of carbonyl (C=O) groups is 1. The van der Waals surface area contributed by atoms with Gasteiger partial charge in [0.2, 0.25) is 5.91 Å². The summed E-state index contributed by atoms with van der Waals surface area (Å²) in [5, 5.41) is 2.91. The third-order valence-electron chi connectivity index (χ3n) is 3.32. The molecule has 1 amide bonds. The summed E-state index contributed by atoms with van der Waals surface area (Å²) in [5.74, 6) is 0.0613. The molecule has 0 saturated heterocycles. The predicted octanol–water partition coefficient (Wildman–Crippen LogP) is 1.67. The van der Waals surface area contributed by atoms with Crippen LogP contribution in [0, 0.1) is 6.92 Å². The zero-order chi connectivity index (χ0) is 15.1. The van der Waals surface area contributed by atoms with E-state index >= 15 is 0 Å². The molecule has 4 heteroatoms. The number of likely N-dealkylation sites (N-methyl/N-ethyl adjacent to an activating group) is 1. The second-order valence-corrected chi connectivity index (χ2v) is 5.72. The fourth-order valence-corrected chi connectivity index (χ4v) is 2.12. The fraction of sp³-hybridized carbons (Fsp3) is 0.562. The van der Waals surface area contributed by atoms with Crippen molar-refractivity contribution in [1.29, 1.82) is 0 Å². The van der Waals surface area contributed by atoms with E-state index in [0.29, 0.717) is 13.0 Å². The molecule has 0 aliphatic carbocycles. The van der Waals surface area contributed by atoms with Crippen LogP contribution in [0.15, 0.2) is 24.3 Å². The van der Waals surface area contributed by atoms with E-state index in [1.807, 2.05) is 20.9 Å². The van der Waals surface area contributed by atoms with E-state index < -0.39 is 0 Å². The molecule has 0 bridgehead atoms. The molecule has 0 aliphatic rings. The lowest BCUT2D eigenvalue weighted by Gasteiger charge is -2.27. The Morgan fingerprint density at radius 1 is 1.30 bits per heavy atom. The maximum absolute atomic E-state index is 11.8. The highest BCUT2D eigenvalue weighted by atomic mass is 16.1. The van der Waals surface area contributed by atoms with Gasteiger partial charge in [-0.15, -0.1) is 0 Å². The fourth-order valence-electron chi connectivity index (χ4n) is 2.12. The average molecular weight is 277 g/mol. The Kier molecular flexibility index (Phi) is 6.68. The van der Waals surface area contributed by atoms with Crippen LogP contribution in [0.1, 0.15) is 31.4 Å². The van der Waals surface area contributed by atoms with Crippen molar-refractivity contribution in [2.45, 2.75) is 45.8 Å². The molecule has 0 radical (unpaired) electrons. The quantitative estimate of drug-likeness (QED) is 0.797. The van der Waals surface area contributed by atoms with Gasteiger partial charge >= 0.3 is 0 Å². The molecular weight excluding hydrogens is 250 g/mol. The SMILES string of the molecule is Cc1ccc(CN(C)C(CN)CC(=O)NC(C)C)cc1. The molecule has 1 atom stereocenters. The largest absolute Gasteiger partial charge is 0.354 e. The molecule has 0 aromatic heterocycles. The van der Waals surface area contributed by atoms with Gasteiger partial charge in [-0.2, -0.15) is 0 Å². The Balaban J connectivity index is 2.55. The maximum atomic E-state index is 11.8. The first-order chi connectivity index (χ1) is 9.42. The minimum Gasteiger partial charge on any atom is -0.354 e. The molecule has 0 heterocycles. The molecule has 0 aliphatic heterocycles. The monoisotopic (exact) mass is 277 g/mol. The van der Waals surface area contributed by atoms with Crippen LogP contribution in [-0.2, 0) is 11.3 Å². The maximum Gasteiger partial charge on any atom is 0.221 e. The van der Waals surface area contributed by atoms with E-state index in [-0.39, 0.29) is 18.0 Å². The molecule has 3 N–H and O–H groups in total. The van der Waals surface area contributed by atoms with Crippen LogP contribution < -0.4 is 11.1 Å². The lowest BCUT2D eigenvalue weighted by atomic mass is 10.1. The molecule has 0 saturated carbocycles. The van der Waals surface area contributed by atoms with Gasteiger partial charge in [0.1, 0.15) is 0 Å². The first-order valence-corrected chi connectivity index (χ1v) is 7.17. The Bertz CT molecular complexity index is 414. The third kappa shape index (κ3) is 5.72. The Morgan fingerprint density at radius 3 is 2.40 bits per heavy atom. The molecular formula is C16H27N3O. The van der Waals surface area contributed by atoms with Gasteiger partial charge in [-0.1, -0.05) is 29.8 Å². The first kappa shape index (κ1) is 16.7. The molecule has 1 rings (SSSR count). The van der Waals surface area contributed by atoms with E-state index in [0.717, 1.165) is 6.54 Å². The topological polar surface area (TPSA) is 58.4 Å². The first-order valence-electron chi connectivity index (χ1n) is 7.17. The number of hydrogen-bond donors (Lipinski definition) is 2. The molecule has 1 aromatic carbocycles. The van der Waals surface area contributed by atoms with Crippen molar-refractivity contribution in [2.75, 3.05) is 13.6 Å². The van der Waals surface area contributed by atoms with Crippen molar-refractivity contribution in [3.8, 4) is 0 Å². The molecule has 4 nitrogen and oxygen atoms in total. The number of carbonyl (C=O) groups excluding carboxylic acids is 1. The lowest BCUT2D eigenvalue weighted by Crippen LogP contribution is -2.42. The second-order valence-electron chi connectivity index (χ2n) is 5.72. The predicted molar refractivity (Wildman–Crippen MR) is 83.4 cm³/mol. The Morgan fingerprint density at radius 2 is 1.90 bits per heavy atom. The minimum atomic E-state index is 0.0613. The summed E-state index contributed by atoms with van der Waals surface area (Å²) in [4.78, 5) is 14.0. The Hall–Kier alpha value is -1.39. The number of benzene rings is 1. The summed E-state index contributed by atoms with van der Waals surface area (Å²) >= 11 is 0. The van der Waals surface area contributed by atoms with Gasteiger partial charge in [-0.05, 0) is 33.4 Å². The van der Waals surface area contributed by atoms with Crippen LogP contribution in [0.3, 0.4) is 0 Å². The van der Waals surface area contributed by atoms with Crippen molar-refractivity contribution in [2.24, 2.45) is 5.73 Å². The highest BCUT2D eigenvalue weighted by molar-refractivity contribution is 5.76. The molecule has 112 valence electrons. The summed E-state index contributed by atoms with van der Waals surface area (Å²) in [6.07, 6.45) is 0.442. The van der Waals surface area contributed by atoms with Gasteiger partial charge in [-0.3, -0.25) is 9.69 Å². The highest BCUT2D eigenvalue weighted by Gasteiger charge is 2.17. The standard InChI is InChI=1S/C16H27N3O/c1-12(2)18-16(20)9-15(10-17)19(4)11-14-7-5-13(3)6-8-14/h5-8,12,15H,9-11,17H2,1-4H3,(H,18,20). The number of amides is 1. The van der Waals surface area contributed by atoms with E-state index in [4.69, 9.17) is 5.73 Å². The van der Waals surface area contributed by atoms with Gasteiger partial charge in [0.15, 0.2) is 0 Å². The van der Waals surface area contributed by atoms with Crippen LogP contribution >= 0.6 is 0 Å². The average Bonchev–Trinajstić information content (AvgIpc) is 2.37. The van der Waals surface area contributed by atoms with Crippen molar-refractivity contribution >= 4 is 5.91 Å². The van der Waals surface area contributed by atoms with Crippen molar-refractivity contribution < 1.29 is 4.79 Å². The number of nitrogens with zero attached hydrogens (tertiary/aromatic N) is 1. The van der Waals surface area contributed by atoms with Gasteiger partial charge < -0.3 is 11.1 Å². The van der Waals surface area contributed by atoms with Gasteiger partial charge in [0, 0.05) is 31.6 Å². The van der Waals surface area contributed by atoms with Gasteiger partial charge in [0.05, 0.1) is 0 Å². The summed E-state index contributed by atoms with van der Waals surface area (Å²) in [6.45, 7) is 7.29. The summed E-state index contributed by atoms with van der Waals surface area (Å²) in [5.41, 5.74) is 8.30. The van der Waals surface area contributed by atoms with Crippen molar-refractivity contribution in [1.82, 2.24) is 10.2 Å². The lowest BCUT2D eigenvalue weighted by molar-refractivity contribution is -0.122. The zero-order valence-electron chi connectivity index (χ0n) is 13.0. The van der Waals surface area contributed by atoms with E-state index in [2.05, 4.69) is 41.4 Å². The summed E-state index contributed by atoms with van der Waals surface area (Å²) < 4.78 is 0. The number of rotatable bonds is 7. The van der Waals surface area contributed by atoms with Gasteiger partial charge in [0.25, 0.3) is 0 Å². The zero-order valence-corrected chi connectivity index (χ0v) is 13.0. The Labute approximate surface area is 122 Å². The highest BCUT2D eigenvalue weighted by Crippen LogP contribution is 2.09. The summed E-state index contributed by atoms with van der Waals surface area (Å²) in [7, 11) is 2.01. The number of nitrogens with one attached hydrogen (secondary N) is 1. The molecule has 0 spiro atoms. The van der Waals surface area contributed by atoms with Crippen LogP contribution in [0.25, 0.3) is 0 Å². The normalized spacial score (nSPS) is 12.8. The number of hydrogen-bond acceptors (Lipinski definition) is 3. The number of nitrogens with two attached hydrogens (primary N) is 1. The van der Waals surface area contributed by atoms with Crippen LogP contribution in [-0.4, -0.2) is 36.5 Å². The van der Waals surface area contributed by atoms with E-state index in [1.54, 1.807) is 0 Å². The smallest absolute Gasteiger partial charge is 0.221 e. The summed E-state index contributed by atoms with van der Waals surface area (Å²) in [6, 6.07) is 8.68. The van der Waals surface area contributed by atoms with Crippen LogP contribution in [0.4, 0.5) is 0 Å². The molecule has 0 fully saturated rings. The van der Waals surface area contributed by atoms with Gasteiger partial charge in [-0.25, -0.2) is 0 Å². The van der Waals surface area contributed by atoms with Crippen molar-refractivity contribution in [3.63, 3.8) is 0 Å². The number of aryl methyl sites for hydroxylation is 1. The van der Waals surface area contributed by atoms with Crippen LogP contribution in [0.5, 0.6) is 0 Å². The van der Waals surface area contributed by atoms with Crippen LogP contribution in [0.2, 0.25) is 0 Å². The molecule has 20 heavy (non-hydrogen) atoms. The second kappa shape index (κ2) is 8.02. The van der Waals surface area contributed by atoms with Crippen molar-refractivity contribution in [3.05, 3.63) is 35.4 Å². The van der Waals surface area contributed by atoms with E-state index in [9.17, 15) is 4.79 Å². The molecule has 1 aromatic rings. The van der Waals surface area contributed by atoms with E-state index in [1.165, 1.54) is 11.1 Å². The third-order valence-corrected chi connectivity index (χ3v) is 3.32. The molecule has 1 unspecified atom stereocenters.